The van der Waals surface area contributed by atoms with Crippen LogP contribution in [-0.4, -0.2) is 41.2 Å². The van der Waals surface area contributed by atoms with E-state index in [9.17, 15) is 9.00 Å². The molecule has 0 aliphatic heterocycles. The van der Waals surface area contributed by atoms with Gasteiger partial charge in [0.2, 0.25) is 5.91 Å². The molecule has 1 aromatic carbocycles. The minimum absolute atomic E-state index is 0.0567. The number of nitrogens with one attached hydrogen (secondary N) is 1. The molecule has 0 fully saturated rings. The Bertz CT molecular complexity index is 840. The lowest BCUT2D eigenvalue weighted by atomic mass is 10.3. The highest BCUT2D eigenvalue weighted by atomic mass is 32.2. The van der Waals surface area contributed by atoms with E-state index in [4.69, 9.17) is 4.74 Å². The molecule has 1 atom stereocenters. The molecule has 0 aliphatic carbocycles. The number of hydrogen-bond donors (Lipinski definition) is 1. The smallest absolute Gasteiger partial charge is 0.241 e. The molecule has 0 radical (unpaired) electrons. The number of hydrogen-bond acceptors (Lipinski definition) is 6. The van der Waals surface area contributed by atoms with E-state index in [1.165, 1.54) is 17.6 Å². The summed E-state index contributed by atoms with van der Waals surface area (Å²) in [5.41, 5.74) is 0.786. The van der Waals surface area contributed by atoms with E-state index < -0.39 is 10.8 Å². The molecule has 24 heavy (non-hydrogen) atoms. The number of thiazole rings is 1. The fraction of sp³-hybridized carbons (Fsp3) is 0.188. The molecule has 0 aliphatic rings. The van der Waals surface area contributed by atoms with Crippen LogP contribution in [0, 0.1) is 0 Å². The molecule has 6 nitrogen and oxygen atoms in total. The maximum absolute atomic E-state index is 11.5. The van der Waals surface area contributed by atoms with E-state index in [0.29, 0.717) is 15.8 Å². The second-order valence-electron chi connectivity index (χ2n) is 4.60. The van der Waals surface area contributed by atoms with Crippen LogP contribution in [0.3, 0.4) is 0 Å². The summed E-state index contributed by atoms with van der Waals surface area (Å²) in [5.74, 6) is 0.949. The Morgan fingerprint density at radius 2 is 2.33 bits per heavy atom. The van der Waals surface area contributed by atoms with Crippen LogP contribution < -0.4 is 10.1 Å². The third kappa shape index (κ3) is 4.84. The topological polar surface area (TPSA) is 80.7 Å². The molecule has 2 aromatic rings. The Morgan fingerprint density at radius 3 is 3.00 bits per heavy atom. The van der Waals surface area contributed by atoms with Crippen molar-refractivity contribution in [2.24, 2.45) is 4.99 Å². The number of allylic oxidation sites excluding steroid dienone is 2. The summed E-state index contributed by atoms with van der Waals surface area (Å²) in [7, 11) is 0.455. The molecule has 1 aromatic heterocycles. The molecular formula is C16H17N3O3S2. The van der Waals surface area contributed by atoms with Gasteiger partial charge >= 0.3 is 0 Å². The van der Waals surface area contributed by atoms with Gasteiger partial charge in [0.25, 0.3) is 0 Å². The molecule has 0 saturated carbocycles. The average Bonchev–Trinajstić information content (AvgIpc) is 3.00. The average molecular weight is 363 g/mol. The van der Waals surface area contributed by atoms with Gasteiger partial charge in [0.1, 0.15) is 18.1 Å². The molecule has 1 heterocycles. The maximum atomic E-state index is 11.5. The van der Waals surface area contributed by atoms with Crippen molar-refractivity contribution in [2.45, 2.75) is 4.34 Å². The molecular weight excluding hydrogens is 346 g/mol. The zero-order valence-corrected chi connectivity index (χ0v) is 14.9. The van der Waals surface area contributed by atoms with Crippen LogP contribution in [0.2, 0.25) is 0 Å². The SMILES string of the molecule is C=C/C(=C\C=NCC(=O)NC)Oc1ccc2nc(S(C)=O)sc2c1. The lowest BCUT2D eigenvalue weighted by Crippen LogP contribution is -2.20. The van der Waals surface area contributed by atoms with E-state index in [1.54, 1.807) is 31.5 Å². The number of nitrogens with zero attached hydrogens (tertiary/aromatic N) is 2. The Balaban J connectivity index is 2.12. The molecule has 8 heteroatoms. The van der Waals surface area contributed by atoms with Gasteiger partial charge in [0.15, 0.2) is 4.34 Å². The van der Waals surface area contributed by atoms with Crippen molar-refractivity contribution in [3.8, 4) is 5.75 Å². The van der Waals surface area contributed by atoms with E-state index in [0.717, 1.165) is 10.2 Å². The summed E-state index contributed by atoms with van der Waals surface area (Å²) < 4.78 is 18.7. The zero-order valence-electron chi connectivity index (χ0n) is 13.3. The highest BCUT2D eigenvalue weighted by Crippen LogP contribution is 2.28. The highest BCUT2D eigenvalue weighted by Gasteiger charge is 2.08. The van der Waals surface area contributed by atoms with E-state index >= 15 is 0 Å². The molecule has 1 amide bonds. The number of amides is 1. The van der Waals surface area contributed by atoms with Crippen molar-refractivity contribution in [3.05, 3.63) is 42.7 Å². The van der Waals surface area contributed by atoms with Crippen molar-refractivity contribution < 1.29 is 13.7 Å². The number of aromatic nitrogens is 1. The number of carbonyl (C=O) groups excluding carboxylic acids is 1. The summed E-state index contributed by atoms with van der Waals surface area (Å²) >= 11 is 1.37. The maximum Gasteiger partial charge on any atom is 0.241 e. The van der Waals surface area contributed by atoms with Gasteiger partial charge in [-0.3, -0.25) is 14.0 Å². The van der Waals surface area contributed by atoms with Crippen molar-refractivity contribution in [1.29, 1.82) is 0 Å². The van der Waals surface area contributed by atoms with Crippen molar-refractivity contribution in [1.82, 2.24) is 10.3 Å². The van der Waals surface area contributed by atoms with Crippen LogP contribution in [0.25, 0.3) is 10.2 Å². The Morgan fingerprint density at radius 1 is 1.54 bits per heavy atom. The number of benzene rings is 1. The quantitative estimate of drug-likeness (QED) is 0.465. The molecule has 2 rings (SSSR count). The first-order chi connectivity index (χ1) is 11.5. The van der Waals surface area contributed by atoms with Gasteiger partial charge in [-0.25, -0.2) is 4.98 Å². The van der Waals surface area contributed by atoms with E-state index in [2.05, 4.69) is 21.9 Å². The minimum atomic E-state index is -1.10. The number of ether oxygens (including phenoxy) is 1. The van der Waals surface area contributed by atoms with Gasteiger partial charge in [-0.05, 0) is 24.3 Å². The summed E-state index contributed by atoms with van der Waals surface area (Å²) in [6, 6.07) is 5.43. The van der Waals surface area contributed by atoms with Gasteiger partial charge in [0, 0.05) is 25.6 Å². The van der Waals surface area contributed by atoms with Crippen LogP contribution in [0.1, 0.15) is 0 Å². The van der Waals surface area contributed by atoms with Crippen LogP contribution in [0.5, 0.6) is 5.75 Å². The normalized spacial score (nSPS) is 13.2. The first-order valence-electron chi connectivity index (χ1n) is 6.98. The molecule has 126 valence electrons. The molecule has 1 unspecified atom stereocenters. The van der Waals surface area contributed by atoms with Crippen LogP contribution in [0.15, 0.2) is 52.0 Å². The van der Waals surface area contributed by atoms with Gasteiger partial charge < -0.3 is 10.1 Å². The van der Waals surface area contributed by atoms with Crippen LogP contribution in [0.4, 0.5) is 0 Å². The second kappa shape index (κ2) is 8.51. The molecule has 0 spiro atoms. The fourth-order valence-corrected chi connectivity index (χ4v) is 3.38. The highest BCUT2D eigenvalue weighted by molar-refractivity contribution is 7.86. The first kappa shape index (κ1) is 18.0. The molecule has 1 N–H and O–H groups in total. The third-order valence-electron chi connectivity index (χ3n) is 2.88. The number of fused-ring (bicyclic) bond motifs is 1. The lowest BCUT2D eigenvalue weighted by Gasteiger charge is -2.05. The van der Waals surface area contributed by atoms with Gasteiger partial charge in [0.05, 0.1) is 21.0 Å². The van der Waals surface area contributed by atoms with E-state index in [1.807, 2.05) is 12.1 Å². The second-order valence-corrected chi connectivity index (χ2v) is 7.19. The number of aliphatic imine (C=N–C) groups is 1. The Labute approximate surface area is 146 Å². The summed E-state index contributed by atoms with van der Waals surface area (Å²) in [6.45, 7) is 3.75. The van der Waals surface area contributed by atoms with Crippen LogP contribution >= 0.6 is 11.3 Å². The standard InChI is InChI=1S/C16H17N3O3S2/c1-4-11(7-8-18-10-15(20)17-2)22-12-5-6-13-14(9-12)23-16(19-13)24(3)21/h4-9H,1,10H2,2-3H3,(H,17,20)/b11-7+,18-8?. The number of rotatable bonds is 7. The Hall–Kier alpha value is -2.32. The van der Waals surface area contributed by atoms with Crippen molar-refractivity contribution >= 4 is 44.5 Å². The van der Waals surface area contributed by atoms with Gasteiger partial charge in [-0.15, -0.1) is 11.3 Å². The summed E-state index contributed by atoms with van der Waals surface area (Å²) in [4.78, 5) is 19.3. The predicted octanol–water partition coefficient (Wildman–Crippen LogP) is 2.30. The van der Waals surface area contributed by atoms with Gasteiger partial charge in [-0.2, -0.15) is 0 Å². The van der Waals surface area contributed by atoms with Crippen molar-refractivity contribution in [2.75, 3.05) is 19.8 Å². The minimum Gasteiger partial charge on any atom is -0.457 e. The van der Waals surface area contributed by atoms with Crippen LogP contribution in [-0.2, 0) is 15.6 Å². The third-order valence-corrected chi connectivity index (χ3v) is 5.23. The number of likely N-dealkylation sites (N-methyl/N-ethyl adjacent to an activating group) is 1. The van der Waals surface area contributed by atoms with Crippen molar-refractivity contribution in [3.63, 3.8) is 0 Å². The Kier molecular flexibility index (Phi) is 6.39. The zero-order chi connectivity index (χ0) is 17.5. The summed E-state index contributed by atoms with van der Waals surface area (Å²) in [5, 5.41) is 2.48. The summed E-state index contributed by atoms with van der Waals surface area (Å²) in [6.07, 6.45) is 6.27. The predicted molar refractivity (Wildman–Crippen MR) is 98.3 cm³/mol. The largest absolute Gasteiger partial charge is 0.457 e. The number of carbonyl (C=O) groups is 1. The first-order valence-corrected chi connectivity index (χ1v) is 9.36. The van der Waals surface area contributed by atoms with Gasteiger partial charge in [-0.1, -0.05) is 6.58 Å². The lowest BCUT2D eigenvalue weighted by molar-refractivity contribution is -0.119. The fourth-order valence-electron chi connectivity index (χ4n) is 1.69. The molecule has 0 bridgehead atoms. The molecule has 0 saturated heterocycles. The monoisotopic (exact) mass is 363 g/mol. The van der Waals surface area contributed by atoms with E-state index in [-0.39, 0.29) is 12.5 Å².